The number of aryl methyl sites for hydroxylation is 1. The number of nitrogens with one attached hydrogen (secondary N) is 1. The summed E-state index contributed by atoms with van der Waals surface area (Å²) in [6, 6.07) is 5.12. The Morgan fingerprint density at radius 3 is 2.88 bits per heavy atom. The van der Waals surface area contributed by atoms with Crippen LogP contribution < -0.4 is 11.1 Å². The number of rotatable bonds is 2. The van der Waals surface area contributed by atoms with Crippen molar-refractivity contribution in [3.8, 4) is 0 Å². The maximum absolute atomic E-state index is 11.9. The monoisotopic (exact) mass is 268 g/mol. The van der Waals surface area contributed by atoms with Crippen molar-refractivity contribution in [3.05, 3.63) is 34.3 Å². The van der Waals surface area contributed by atoms with Gasteiger partial charge in [0, 0.05) is 10.6 Å². The smallest absolute Gasteiger partial charge is 0.257 e. The number of hydrogen-bond acceptors (Lipinski definition) is 5. The number of nitrogens with zero attached hydrogens (tertiary/aromatic N) is 2. The van der Waals surface area contributed by atoms with Crippen molar-refractivity contribution in [2.24, 2.45) is 0 Å². The number of carbonyl (C=O) groups is 1. The third kappa shape index (κ3) is 2.72. The fraction of sp³-hybridized carbons (Fsp3) is 0.100. The molecule has 2 rings (SSSR count). The van der Waals surface area contributed by atoms with Gasteiger partial charge in [0.15, 0.2) is 0 Å². The summed E-state index contributed by atoms with van der Waals surface area (Å²) in [5, 5.41) is 11.1. The van der Waals surface area contributed by atoms with Crippen molar-refractivity contribution in [1.29, 1.82) is 0 Å². The summed E-state index contributed by atoms with van der Waals surface area (Å²) in [6.07, 6.45) is 0. The molecule has 17 heavy (non-hydrogen) atoms. The number of amides is 1. The number of nitrogen functional groups attached to an aromatic ring is 1. The Morgan fingerprint density at radius 1 is 1.47 bits per heavy atom. The highest BCUT2D eigenvalue weighted by atomic mass is 35.5. The van der Waals surface area contributed by atoms with Gasteiger partial charge in [-0.3, -0.25) is 10.1 Å². The number of anilines is 2. The van der Waals surface area contributed by atoms with Crippen molar-refractivity contribution in [2.45, 2.75) is 6.92 Å². The Bertz CT molecular complexity index is 569. The van der Waals surface area contributed by atoms with Gasteiger partial charge in [0.25, 0.3) is 5.91 Å². The first kappa shape index (κ1) is 11.8. The molecule has 0 aliphatic rings. The Hall–Kier alpha value is -1.66. The minimum Gasteiger partial charge on any atom is -0.374 e. The third-order valence-corrected chi connectivity index (χ3v) is 3.01. The van der Waals surface area contributed by atoms with Crippen LogP contribution in [0.5, 0.6) is 0 Å². The predicted molar refractivity (Wildman–Crippen MR) is 68.5 cm³/mol. The number of benzene rings is 1. The highest BCUT2D eigenvalue weighted by Gasteiger charge is 2.12. The van der Waals surface area contributed by atoms with Crippen molar-refractivity contribution < 1.29 is 4.79 Å². The molecule has 0 saturated carbocycles. The van der Waals surface area contributed by atoms with E-state index in [1.165, 1.54) is 0 Å². The lowest BCUT2D eigenvalue weighted by atomic mass is 10.1. The van der Waals surface area contributed by atoms with E-state index in [2.05, 4.69) is 15.5 Å². The van der Waals surface area contributed by atoms with E-state index < -0.39 is 0 Å². The average Bonchev–Trinajstić information content (AvgIpc) is 2.67. The number of hydrogen-bond donors (Lipinski definition) is 2. The molecule has 7 heteroatoms. The Balaban J connectivity index is 2.22. The third-order valence-electron chi connectivity index (χ3n) is 2.11. The van der Waals surface area contributed by atoms with Crippen LogP contribution in [0.25, 0.3) is 0 Å². The number of nitrogens with two attached hydrogens (primary N) is 1. The molecule has 0 fully saturated rings. The molecule has 0 spiro atoms. The fourth-order valence-electron chi connectivity index (χ4n) is 1.29. The van der Waals surface area contributed by atoms with Crippen molar-refractivity contribution >= 4 is 39.1 Å². The highest BCUT2D eigenvalue weighted by molar-refractivity contribution is 7.19. The maximum Gasteiger partial charge on any atom is 0.257 e. The van der Waals surface area contributed by atoms with Gasteiger partial charge in [-0.1, -0.05) is 29.0 Å². The van der Waals surface area contributed by atoms with Crippen LogP contribution in [0.3, 0.4) is 0 Å². The van der Waals surface area contributed by atoms with Gasteiger partial charge in [-0.15, -0.1) is 10.2 Å². The molecule has 0 aliphatic heterocycles. The molecule has 0 atom stereocenters. The standard InChI is InChI=1S/C10H9ClN4OS/c1-5-2-3-6(11)4-7(5)8(16)13-10-15-14-9(12)17-10/h2-4H,1H3,(H2,12,14)(H,13,15,16). The van der Waals surface area contributed by atoms with E-state index in [1.807, 2.05) is 6.92 Å². The molecule has 1 heterocycles. The lowest BCUT2D eigenvalue weighted by Gasteiger charge is -2.05. The minimum absolute atomic E-state index is 0.277. The van der Waals surface area contributed by atoms with Gasteiger partial charge in [0.1, 0.15) is 0 Å². The van der Waals surface area contributed by atoms with E-state index in [1.54, 1.807) is 18.2 Å². The van der Waals surface area contributed by atoms with Crippen LogP contribution in [0.1, 0.15) is 15.9 Å². The van der Waals surface area contributed by atoms with E-state index in [4.69, 9.17) is 17.3 Å². The van der Waals surface area contributed by atoms with Crippen LogP contribution in [0.4, 0.5) is 10.3 Å². The molecule has 3 N–H and O–H groups in total. The van der Waals surface area contributed by atoms with Crippen LogP contribution >= 0.6 is 22.9 Å². The van der Waals surface area contributed by atoms with E-state index in [9.17, 15) is 4.79 Å². The molecule has 1 aromatic heterocycles. The van der Waals surface area contributed by atoms with Crippen molar-refractivity contribution in [2.75, 3.05) is 11.1 Å². The lowest BCUT2D eigenvalue weighted by molar-refractivity contribution is 0.102. The summed E-state index contributed by atoms with van der Waals surface area (Å²) < 4.78 is 0. The van der Waals surface area contributed by atoms with Crippen molar-refractivity contribution in [3.63, 3.8) is 0 Å². The van der Waals surface area contributed by atoms with Gasteiger partial charge in [-0.25, -0.2) is 0 Å². The first-order chi connectivity index (χ1) is 8.06. The zero-order valence-electron chi connectivity index (χ0n) is 8.90. The molecule has 0 unspecified atom stereocenters. The first-order valence-corrected chi connectivity index (χ1v) is 5.92. The van der Waals surface area contributed by atoms with Crippen LogP contribution in [0.2, 0.25) is 5.02 Å². The molecular formula is C10H9ClN4OS. The maximum atomic E-state index is 11.9. The Kier molecular flexibility index (Phi) is 3.26. The van der Waals surface area contributed by atoms with Crippen molar-refractivity contribution in [1.82, 2.24) is 10.2 Å². The van der Waals surface area contributed by atoms with E-state index in [-0.39, 0.29) is 5.91 Å². The summed E-state index contributed by atoms with van der Waals surface area (Å²) >= 11 is 6.95. The molecule has 5 nitrogen and oxygen atoms in total. The number of carbonyl (C=O) groups excluding carboxylic acids is 1. The largest absolute Gasteiger partial charge is 0.374 e. The van der Waals surface area contributed by atoms with Gasteiger partial charge in [-0.05, 0) is 24.6 Å². The van der Waals surface area contributed by atoms with Crippen LogP contribution in [0.15, 0.2) is 18.2 Å². The number of halogens is 1. The summed E-state index contributed by atoms with van der Waals surface area (Å²) in [5.74, 6) is -0.277. The molecular weight excluding hydrogens is 260 g/mol. The number of aromatic nitrogens is 2. The normalized spacial score (nSPS) is 10.2. The Morgan fingerprint density at radius 2 is 2.24 bits per heavy atom. The quantitative estimate of drug-likeness (QED) is 0.876. The summed E-state index contributed by atoms with van der Waals surface area (Å²) in [5.41, 5.74) is 6.76. The van der Waals surface area contributed by atoms with Crippen LogP contribution in [0, 0.1) is 6.92 Å². The molecule has 0 saturated heterocycles. The first-order valence-electron chi connectivity index (χ1n) is 4.73. The summed E-state index contributed by atoms with van der Waals surface area (Å²) in [7, 11) is 0. The highest BCUT2D eigenvalue weighted by Crippen LogP contribution is 2.20. The lowest BCUT2D eigenvalue weighted by Crippen LogP contribution is -2.13. The van der Waals surface area contributed by atoms with E-state index >= 15 is 0 Å². The molecule has 2 aromatic rings. The summed E-state index contributed by atoms with van der Waals surface area (Å²) in [4.78, 5) is 11.9. The van der Waals surface area contributed by atoms with Gasteiger partial charge < -0.3 is 5.73 Å². The molecule has 0 radical (unpaired) electrons. The zero-order chi connectivity index (χ0) is 12.4. The topological polar surface area (TPSA) is 80.9 Å². The van der Waals surface area contributed by atoms with Gasteiger partial charge in [0.05, 0.1) is 0 Å². The van der Waals surface area contributed by atoms with Gasteiger partial charge >= 0.3 is 0 Å². The molecule has 88 valence electrons. The van der Waals surface area contributed by atoms with Crippen LogP contribution in [-0.4, -0.2) is 16.1 Å². The molecule has 1 aromatic carbocycles. The molecule has 0 aliphatic carbocycles. The second-order valence-corrected chi connectivity index (χ2v) is 4.80. The summed E-state index contributed by atoms with van der Waals surface area (Å²) in [6.45, 7) is 1.83. The SMILES string of the molecule is Cc1ccc(Cl)cc1C(=O)Nc1nnc(N)s1. The zero-order valence-corrected chi connectivity index (χ0v) is 10.5. The van der Waals surface area contributed by atoms with Crippen LogP contribution in [-0.2, 0) is 0 Å². The molecule has 0 bridgehead atoms. The van der Waals surface area contributed by atoms with Gasteiger partial charge in [0.2, 0.25) is 10.3 Å². The fourth-order valence-corrected chi connectivity index (χ4v) is 1.97. The Labute approximate surface area is 107 Å². The second kappa shape index (κ2) is 4.68. The molecule has 1 amide bonds. The van der Waals surface area contributed by atoms with E-state index in [0.717, 1.165) is 16.9 Å². The minimum atomic E-state index is -0.277. The predicted octanol–water partition coefficient (Wildman–Crippen LogP) is 2.33. The second-order valence-electron chi connectivity index (χ2n) is 3.36. The van der Waals surface area contributed by atoms with Gasteiger partial charge in [-0.2, -0.15) is 0 Å². The average molecular weight is 269 g/mol. The van der Waals surface area contributed by atoms with E-state index in [0.29, 0.717) is 20.8 Å².